The molecule has 1 aromatic heterocycles. The highest BCUT2D eigenvalue weighted by atomic mass is 32.1. The van der Waals surface area contributed by atoms with Gasteiger partial charge in [0.25, 0.3) is 5.91 Å². The molecule has 2 heterocycles. The zero-order valence-electron chi connectivity index (χ0n) is 16.1. The number of thiazole rings is 1. The van der Waals surface area contributed by atoms with Crippen molar-refractivity contribution in [2.24, 2.45) is 0 Å². The average molecular weight is 412 g/mol. The van der Waals surface area contributed by atoms with Crippen molar-refractivity contribution in [3.8, 4) is 0 Å². The van der Waals surface area contributed by atoms with Crippen LogP contribution in [0.2, 0.25) is 0 Å². The Kier molecular flexibility index (Phi) is 6.08. The van der Waals surface area contributed by atoms with E-state index in [0.717, 1.165) is 41.8 Å². The summed E-state index contributed by atoms with van der Waals surface area (Å²) in [4.78, 5) is 19.3. The number of anilines is 2. The van der Waals surface area contributed by atoms with Crippen LogP contribution in [0.1, 0.15) is 36.8 Å². The first-order chi connectivity index (χ1) is 14.1. The zero-order chi connectivity index (χ0) is 20.2. The quantitative estimate of drug-likeness (QED) is 0.596. The summed E-state index contributed by atoms with van der Waals surface area (Å²) in [5.41, 5.74) is 2.34. The van der Waals surface area contributed by atoms with E-state index in [-0.39, 0.29) is 0 Å². The maximum absolute atomic E-state index is 12.7. The van der Waals surface area contributed by atoms with Gasteiger partial charge in [-0.15, -0.1) is 11.3 Å². The Hall–Kier alpha value is -2.48. The van der Waals surface area contributed by atoms with Crippen LogP contribution in [0.4, 0.5) is 11.4 Å². The molecular formula is C22H25N3O3S. The molecule has 1 aliphatic rings. The van der Waals surface area contributed by atoms with Crippen molar-refractivity contribution in [3.05, 3.63) is 53.5 Å². The molecule has 0 aliphatic carbocycles. The lowest BCUT2D eigenvalue weighted by Gasteiger charge is -2.26. The molecule has 1 saturated heterocycles. The summed E-state index contributed by atoms with van der Waals surface area (Å²) >= 11 is 1.28. The number of aromatic nitrogens is 1. The standard InChI is InChI=1S/C22H25N3O3S/c26-19(20(27)22-24-16-10-4-6-12-18(16)29-22)21(28)23-15-9-3-5-11-17(15)25-13-7-1-2-8-14-25/h3-6,9-12,19-20,26-27H,1-2,7-8,13-14H2,(H,23,28). The van der Waals surface area contributed by atoms with Gasteiger partial charge in [0.1, 0.15) is 11.1 Å². The molecule has 0 bridgehead atoms. The van der Waals surface area contributed by atoms with Gasteiger partial charge in [0, 0.05) is 13.1 Å². The van der Waals surface area contributed by atoms with Crippen LogP contribution in [0.25, 0.3) is 10.2 Å². The number of benzene rings is 2. The minimum atomic E-state index is -1.60. The van der Waals surface area contributed by atoms with Crippen LogP contribution in [0.5, 0.6) is 0 Å². The second-order valence-corrected chi connectivity index (χ2v) is 8.38. The largest absolute Gasteiger partial charge is 0.383 e. The first kappa shape index (κ1) is 19.8. The first-order valence-corrected chi connectivity index (χ1v) is 10.8. The number of hydrogen-bond acceptors (Lipinski definition) is 6. The van der Waals surface area contributed by atoms with Gasteiger partial charge in [-0.25, -0.2) is 4.98 Å². The van der Waals surface area contributed by atoms with Crippen LogP contribution in [-0.4, -0.2) is 40.3 Å². The Morgan fingerprint density at radius 1 is 1.00 bits per heavy atom. The number of rotatable bonds is 5. The molecule has 152 valence electrons. The maximum Gasteiger partial charge on any atom is 0.256 e. The number of nitrogens with zero attached hydrogens (tertiary/aromatic N) is 2. The number of hydrogen-bond donors (Lipinski definition) is 3. The second-order valence-electron chi connectivity index (χ2n) is 7.32. The highest BCUT2D eigenvalue weighted by molar-refractivity contribution is 7.18. The van der Waals surface area contributed by atoms with Crippen LogP contribution in [0.15, 0.2) is 48.5 Å². The van der Waals surface area contributed by atoms with Crippen LogP contribution < -0.4 is 10.2 Å². The zero-order valence-corrected chi connectivity index (χ0v) is 16.9. The maximum atomic E-state index is 12.7. The predicted octanol–water partition coefficient (Wildman–Crippen LogP) is 3.71. The van der Waals surface area contributed by atoms with Crippen molar-refractivity contribution in [1.82, 2.24) is 4.98 Å². The van der Waals surface area contributed by atoms with E-state index in [1.54, 1.807) is 0 Å². The topological polar surface area (TPSA) is 85.7 Å². The van der Waals surface area contributed by atoms with Crippen molar-refractivity contribution in [2.75, 3.05) is 23.3 Å². The van der Waals surface area contributed by atoms with Crippen molar-refractivity contribution in [1.29, 1.82) is 0 Å². The third-order valence-electron chi connectivity index (χ3n) is 5.24. The molecule has 0 radical (unpaired) electrons. The van der Waals surface area contributed by atoms with E-state index in [2.05, 4.69) is 15.2 Å². The molecule has 1 amide bonds. The summed E-state index contributed by atoms with van der Waals surface area (Å²) in [6, 6.07) is 15.1. The monoisotopic (exact) mass is 411 g/mol. The fourth-order valence-corrected chi connectivity index (χ4v) is 4.65. The molecule has 29 heavy (non-hydrogen) atoms. The average Bonchev–Trinajstić information content (AvgIpc) is 3.00. The molecule has 2 unspecified atom stereocenters. The summed E-state index contributed by atoms with van der Waals surface area (Å²) in [6.07, 6.45) is 1.71. The van der Waals surface area contributed by atoms with Gasteiger partial charge in [-0.3, -0.25) is 4.79 Å². The van der Waals surface area contributed by atoms with E-state index in [0.29, 0.717) is 10.7 Å². The van der Waals surface area contributed by atoms with Gasteiger partial charge >= 0.3 is 0 Å². The number of carbonyl (C=O) groups excluding carboxylic acids is 1. The molecule has 1 aliphatic heterocycles. The molecule has 1 fully saturated rings. The summed E-state index contributed by atoms with van der Waals surface area (Å²) in [7, 11) is 0. The molecule has 3 N–H and O–H groups in total. The van der Waals surface area contributed by atoms with E-state index in [1.165, 1.54) is 24.2 Å². The van der Waals surface area contributed by atoms with E-state index >= 15 is 0 Å². The number of para-hydroxylation sites is 3. The summed E-state index contributed by atoms with van der Waals surface area (Å²) in [6.45, 7) is 1.90. The molecule has 4 rings (SSSR count). The fraction of sp³-hybridized carbons (Fsp3) is 0.364. The summed E-state index contributed by atoms with van der Waals surface area (Å²) in [5.74, 6) is -0.640. The third-order valence-corrected chi connectivity index (χ3v) is 6.35. The highest BCUT2D eigenvalue weighted by Gasteiger charge is 2.29. The number of aliphatic hydroxyl groups excluding tert-OH is 2. The lowest BCUT2D eigenvalue weighted by molar-refractivity contribution is -0.129. The van der Waals surface area contributed by atoms with Gasteiger partial charge < -0.3 is 20.4 Å². The van der Waals surface area contributed by atoms with Gasteiger partial charge in [-0.05, 0) is 37.1 Å². The molecule has 2 aromatic carbocycles. The molecule has 2 atom stereocenters. The van der Waals surface area contributed by atoms with Crippen LogP contribution in [0.3, 0.4) is 0 Å². The van der Waals surface area contributed by atoms with Crippen molar-refractivity contribution < 1.29 is 15.0 Å². The Morgan fingerprint density at radius 3 is 2.45 bits per heavy atom. The van der Waals surface area contributed by atoms with Gasteiger partial charge in [0.2, 0.25) is 0 Å². The first-order valence-electron chi connectivity index (χ1n) is 10.00. The lowest BCUT2D eigenvalue weighted by atomic mass is 10.1. The van der Waals surface area contributed by atoms with Crippen molar-refractivity contribution in [2.45, 2.75) is 37.9 Å². The predicted molar refractivity (Wildman–Crippen MR) is 116 cm³/mol. The normalized spacial score (nSPS) is 17.0. The fourth-order valence-electron chi connectivity index (χ4n) is 3.67. The van der Waals surface area contributed by atoms with Crippen molar-refractivity contribution in [3.63, 3.8) is 0 Å². The second kappa shape index (κ2) is 8.90. The van der Waals surface area contributed by atoms with E-state index in [9.17, 15) is 15.0 Å². The van der Waals surface area contributed by atoms with Gasteiger partial charge in [0.05, 0.1) is 21.6 Å². The highest BCUT2D eigenvalue weighted by Crippen LogP contribution is 2.30. The minimum Gasteiger partial charge on any atom is -0.383 e. The number of amides is 1. The molecule has 6 nitrogen and oxygen atoms in total. The van der Waals surface area contributed by atoms with E-state index in [1.807, 2.05) is 48.5 Å². The van der Waals surface area contributed by atoms with E-state index in [4.69, 9.17) is 0 Å². The lowest BCUT2D eigenvalue weighted by Crippen LogP contribution is -2.34. The van der Waals surface area contributed by atoms with Crippen molar-refractivity contribution >= 4 is 38.8 Å². The number of carbonyl (C=O) groups is 1. The Bertz CT molecular complexity index is 949. The Morgan fingerprint density at radius 2 is 1.69 bits per heavy atom. The summed E-state index contributed by atoms with van der Waals surface area (Å²) < 4.78 is 0.903. The molecule has 0 saturated carbocycles. The summed E-state index contributed by atoms with van der Waals surface area (Å²) in [5, 5.41) is 24.1. The minimum absolute atomic E-state index is 0.328. The number of fused-ring (bicyclic) bond motifs is 1. The third kappa shape index (κ3) is 4.42. The van der Waals surface area contributed by atoms with Gasteiger partial charge in [-0.2, -0.15) is 0 Å². The SMILES string of the molecule is O=C(Nc1ccccc1N1CCCCCC1)C(O)C(O)c1nc2ccccc2s1. The molecule has 3 aromatic rings. The van der Waals surface area contributed by atoms with E-state index < -0.39 is 18.1 Å². The number of nitrogens with one attached hydrogen (secondary N) is 1. The van der Waals surface area contributed by atoms with Gasteiger partial charge in [0.15, 0.2) is 6.10 Å². The Labute approximate surface area is 173 Å². The van der Waals surface area contributed by atoms with Crippen LogP contribution in [0, 0.1) is 0 Å². The molecule has 7 heteroatoms. The molecule has 0 spiro atoms. The smallest absolute Gasteiger partial charge is 0.256 e. The van der Waals surface area contributed by atoms with Crippen LogP contribution in [-0.2, 0) is 4.79 Å². The Balaban J connectivity index is 1.50. The number of aliphatic hydroxyl groups is 2. The van der Waals surface area contributed by atoms with Gasteiger partial charge in [-0.1, -0.05) is 37.1 Å². The van der Waals surface area contributed by atoms with Crippen LogP contribution >= 0.6 is 11.3 Å². The molecular weight excluding hydrogens is 386 g/mol.